The molecule has 1 rings (SSSR count). The Morgan fingerprint density at radius 3 is 2.76 bits per heavy atom. The Balaban J connectivity index is 2.65. The van der Waals surface area contributed by atoms with E-state index in [0.29, 0.717) is 6.04 Å². The molecule has 1 heteroatoms. The van der Waals surface area contributed by atoms with Gasteiger partial charge in [0.05, 0.1) is 0 Å². The molecule has 21 heavy (non-hydrogen) atoms. The predicted octanol–water partition coefficient (Wildman–Crippen LogP) is 5.28. The van der Waals surface area contributed by atoms with E-state index >= 15 is 0 Å². The largest absolute Gasteiger partial charge is 0.306 e. The van der Waals surface area contributed by atoms with E-state index in [2.05, 4.69) is 69.1 Å². The molecule has 0 radical (unpaired) electrons. The molecular formula is C20H27N. The van der Waals surface area contributed by atoms with Crippen molar-refractivity contribution in [2.24, 2.45) is 0 Å². The van der Waals surface area contributed by atoms with Crippen molar-refractivity contribution >= 4 is 0 Å². The second-order valence-electron chi connectivity index (χ2n) is 5.41. The van der Waals surface area contributed by atoms with Crippen molar-refractivity contribution in [1.82, 2.24) is 5.32 Å². The standard InChI is InChI=1S/C20H27N/c1-6-9-19(10-7-2)13-17(4)15-21-18(5)20-12-8-11-16(3)14-20/h6-14,18,21H,1,15H2,2-5H3/b10-7-,17-13+,19-9+/t18-/m1/s1. The Bertz CT molecular complexity index is 547. The summed E-state index contributed by atoms with van der Waals surface area (Å²) in [6, 6.07) is 9.00. The molecule has 0 aliphatic carbocycles. The maximum atomic E-state index is 3.76. The molecule has 1 aromatic carbocycles. The molecule has 0 aromatic heterocycles. The molecule has 1 N–H and O–H groups in total. The summed E-state index contributed by atoms with van der Waals surface area (Å²) in [5.74, 6) is 0. The number of aryl methyl sites for hydroxylation is 1. The number of rotatable bonds is 7. The molecule has 0 amide bonds. The zero-order chi connectivity index (χ0) is 15.7. The number of hydrogen-bond acceptors (Lipinski definition) is 1. The van der Waals surface area contributed by atoms with Crippen molar-refractivity contribution in [2.45, 2.75) is 33.7 Å². The lowest BCUT2D eigenvalue weighted by molar-refractivity contribution is 0.606. The average molecular weight is 281 g/mol. The minimum atomic E-state index is 0.349. The van der Waals surface area contributed by atoms with Crippen LogP contribution >= 0.6 is 0 Å². The molecule has 0 saturated carbocycles. The van der Waals surface area contributed by atoms with Crippen molar-refractivity contribution in [3.8, 4) is 0 Å². The molecular weight excluding hydrogens is 254 g/mol. The summed E-state index contributed by atoms with van der Waals surface area (Å²) in [6.45, 7) is 13.1. The molecule has 0 fully saturated rings. The maximum Gasteiger partial charge on any atom is 0.0294 e. The van der Waals surface area contributed by atoms with Gasteiger partial charge < -0.3 is 5.32 Å². The molecule has 0 bridgehead atoms. The number of allylic oxidation sites excluding steroid dienone is 6. The highest BCUT2D eigenvalue weighted by Gasteiger charge is 2.04. The minimum Gasteiger partial charge on any atom is -0.306 e. The van der Waals surface area contributed by atoms with Gasteiger partial charge in [0.2, 0.25) is 0 Å². The second-order valence-corrected chi connectivity index (χ2v) is 5.41. The molecule has 112 valence electrons. The van der Waals surface area contributed by atoms with Crippen LogP contribution in [0.3, 0.4) is 0 Å². The molecule has 0 heterocycles. The fraction of sp³-hybridized carbons (Fsp3) is 0.300. The lowest BCUT2D eigenvalue weighted by atomic mass is 10.1. The Labute approximate surface area is 129 Å². The van der Waals surface area contributed by atoms with Gasteiger partial charge >= 0.3 is 0 Å². The van der Waals surface area contributed by atoms with Gasteiger partial charge in [0.15, 0.2) is 0 Å². The quantitative estimate of drug-likeness (QED) is 0.670. The third kappa shape index (κ3) is 6.42. The Kier molecular flexibility index (Phi) is 7.49. The lowest BCUT2D eigenvalue weighted by Gasteiger charge is -2.15. The van der Waals surface area contributed by atoms with Gasteiger partial charge in [-0.25, -0.2) is 0 Å². The van der Waals surface area contributed by atoms with Crippen molar-refractivity contribution in [3.05, 3.63) is 83.5 Å². The zero-order valence-electron chi connectivity index (χ0n) is 13.7. The van der Waals surface area contributed by atoms with Gasteiger partial charge in [-0.15, -0.1) is 0 Å². The van der Waals surface area contributed by atoms with Gasteiger partial charge in [0.25, 0.3) is 0 Å². The monoisotopic (exact) mass is 281 g/mol. The van der Waals surface area contributed by atoms with Crippen LogP contribution in [0.5, 0.6) is 0 Å². The lowest BCUT2D eigenvalue weighted by Crippen LogP contribution is -2.20. The number of nitrogens with one attached hydrogen (secondary N) is 1. The third-order valence-corrected chi connectivity index (χ3v) is 3.31. The SMILES string of the molecule is C=C/C=C(\C=C/C)/C=C(\C)CN[C@H](C)c1cccc(C)c1. The van der Waals surface area contributed by atoms with Crippen molar-refractivity contribution in [2.75, 3.05) is 6.54 Å². The van der Waals surface area contributed by atoms with Crippen LogP contribution in [-0.4, -0.2) is 6.54 Å². The Hall–Kier alpha value is -1.86. The van der Waals surface area contributed by atoms with E-state index < -0.39 is 0 Å². The van der Waals surface area contributed by atoms with E-state index in [-0.39, 0.29) is 0 Å². The molecule has 1 atom stereocenters. The van der Waals surface area contributed by atoms with E-state index in [1.165, 1.54) is 22.3 Å². The smallest absolute Gasteiger partial charge is 0.0294 e. The van der Waals surface area contributed by atoms with Gasteiger partial charge in [0.1, 0.15) is 0 Å². The zero-order valence-corrected chi connectivity index (χ0v) is 13.7. The number of benzene rings is 1. The van der Waals surface area contributed by atoms with Crippen LogP contribution in [0, 0.1) is 6.92 Å². The summed E-state index contributed by atoms with van der Waals surface area (Å²) >= 11 is 0. The molecule has 1 nitrogen and oxygen atoms in total. The van der Waals surface area contributed by atoms with Gasteiger partial charge in [-0.2, -0.15) is 0 Å². The third-order valence-electron chi connectivity index (χ3n) is 3.31. The van der Waals surface area contributed by atoms with Gasteiger partial charge in [-0.3, -0.25) is 0 Å². The number of hydrogen-bond donors (Lipinski definition) is 1. The molecule has 1 aromatic rings. The molecule has 0 aliphatic heterocycles. The fourth-order valence-corrected chi connectivity index (χ4v) is 2.19. The predicted molar refractivity (Wildman–Crippen MR) is 94.4 cm³/mol. The van der Waals surface area contributed by atoms with E-state index in [0.717, 1.165) is 6.54 Å². The first kappa shape index (κ1) is 17.2. The Morgan fingerprint density at radius 1 is 1.38 bits per heavy atom. The topological polar surface area (TPSA) is 12.0 Å². The molecule has 0 unspecified atom stereocenters. The van der Waals surface area contributed by atoms with E-state index in [1.54, 1.807) is 0 Å². The highest BCUT2D eigenvalue weighted by Crippen LogP contribution is 2.14. The van der Waals surface area contributed by atoms with Gasteiger partial charge in [-0.05, 0) is 38.8 Å². The van der Waals surface area contributed by atoms with Crippen LogP contribution in [0.1, 0.15) is 37.9 Å². The average Bonchev–Trinajstić information content (AvgIpc) is 2.45. The van der Waals surface area contributed by atoms with E-state index in [4.69, 9.17) is 0 Å². The fourth-order valence-electron chi connectivity index (χ4n) is 2.19. The van der Waals surface area contributed by atoms with Crippen LogP contribution < -0.4 is 5.32 Å². The normalized spacial score (nSPS) is 14.5. The summed E-state index contributed by atoms with van der Waals surface area (Å²) in [7, 11) is 0. The first-order chi connectivity index (χ1) is 10.1. The Morgan fingerprint density at radius 2 is 2.14 bits per heavy atom. The van der Waals surface area contributed by atoms with Crippen molar-refractivity contribution in [1.29, 1.82) is 0 Å². The first-order valence-electron chi connectivity index (χ1n) is 7.49. The summed E-state index contributed by atoms with van der Waals surface area (Å²) in [5.41, 5.74) is 5.12. The van der Waals surface area contributed by atoms with Crippen LogP contribution in [0.2, 0.25) is 0 Å². The first-order valence-corrected chi connectivity index (χ1v) is 7.49. The van der Waals surface area contributed by atoms with Crippen LogP contribution in [0.25, 0.3) is 0 Å². The second kappa shape index (κ2) is 9.15. The van der Waals surface area contributed by atoms with Gasteiger partial charge in [0, 0.05) is 12.6 Å². The van der Waals surface area contributed by atoms with Crippen molar-refractivity contribution < 1.29 is 0 Å². The van der Waals surface area contributed by atoms with E-state index in [9.17, 15) is 0 Å². The summed E-state index contributed by atoms with van der Waals surface area (Å²) in [6.07, 6.45) is 10.2. The molecule has 0 saturated heterocycles. The van der Waals surface area contributed by atoms with E-state index in [1.807, 2.05) is 25.2 Å². The molecule has 0 spiro atoms. The summed E-state index contributed by atoms with van der Waals surface area (Å²) < 4.78 is 0. The maximum absolute atomic E-state index is 3.76. The highest BCUT2D eigenvalue weighted by atomic mass is 14.9. The minimum absolute atomic E-state index is 0.349. The van der Waals surface area contributed by atoms with Gasteiger partial charge in [-0.1, -0.05) is 72.4 Å². The van der Waals surface area contributed by atoms with Crippen molar-refractivity contribution in [3.63, 3.8) is 0 Å². The van der Waals surface area contributed by atoms with Crippen LogP contribution in [0.15, 0.2) is 72.4 Å². The summed E-state index contributed by atoms with van der Waals surface area (Å²) in [5, 5.41) is 3.57. The van der Waals surface area contributed by atoms with Crippen LogP contribution in [0.4, 0.5) is 0 Å². The summed E-state index contributed by atoms with van der Waals surface area (Å²) in [4.78, 5) is 0. The molecule has 0 aliphatic rings. The highest BCUT2D eigenvalue weighted by molar-refractivity contribution is 5.35. The van der Waals surface area contributed by atoms with Crippen LogP contribution in [-0.2, 0) is 0 Å².